The summed E-state index contributed by atoms with van der Waals surface area (Å²) >= 11 is 0. The number of imidazole rings is 1. The van der Waals surface area contributed by atoms with E-state index >= 15 is 0 Å². The molecule has 0 bridgehead atoms. The Balaban J connectivity index is 1.43. The van der Waals surface area contributed by atoms with Gasteiger partial charge in [0.15, 0.2) is 11.5 Å². The van der Waals surface area contributed by atoms with Crippen LogP contribution >= 0.6 is 0 Å². The zero-order valence-electron chi connectivity index (χ0n) is 27.1. The molecule has 2 aromatic carbocycles. The van der Waals surface area contributed by atoms with Crippen LogP contribution in [-0.2, 0) is 32.2 Å². The second-order valence-corrected chi connectivity index (χ2v) is 12.0. The zero-order valence-corrected chi connectivity index (χ0v) is 27.1. The minimum absolute atomic E-state index is 0.0109. The highest BCUT2D eigenvalue weighted by molar-refractivity contribution is 5.96. The van der Waals surface area contributed by atoms with Crippen molar-refractivity contribution in [3.05, 3.63) is 76.2 Å². The van der Waals surface area contributed by atoms with Gasteiger partial charge in [0.25, 0.3) is 0 Å². The van der Waals surface area contributed by atoms with Crippen molar-refractivity contribution >= 4 is 46.6 Å². The van der Waals surface area contributed by atoms with Crippen LogP contribution in [0.1, 0.15) is 64.5 Å². The van der Waals surface area contributed by atoms with Crippen molar-refractivity contribution < 1.29 is 23.9 Å². The standard InChI is InChI=1S/C33H42N8O6/c1-5-6-18-35-30-39-27(34)26-28(40-30)41(31(44)38-26)19-21-12-14-23(15-13-21)36-29(43)24(16-17-25(42)47-33(2,3)4)37-32(45)46-20-22-10-8-7-9-11-22/h7-15,24H,5-6,16-20H2,1-4H3,(H,36,43)(H,37,45)(H,38,44)(H3,34,35,39,40)/t24-/m0/s1. The summed E-state index contributed by atoms with van der Waals surface area (Å²) in [5, 5.41) is 8.48. The van der Waals surface area contributed by atoms with Crippen molar-refractivity contribution in [2.45, 2.75) is 78.2 Å². The third-order valence-corrected chi connectivity index (χ3v) is 6.90. The quantitative estimate of drug-likeness (QED) is 0.0972. The molecule has 2 amide bonds. The molecule has 0 spiro atoms. The Labute approximate surface area is 272 Å². The van der Waals surface area contributed by atoms with Crippen LogP contribution in [0.15, 0.2) is 59.4 Å². The van der Waals surface area contributed by atoms with Crippen molar-refractivity contribution in [3.63, 3.8) is 0 Å². The van der Waals surface area contributed by atoms with Gasteiger partial charge in [-0.05, 0) is 56.9 Å². The number of esters is 1. The maximum Gasteiger partial charge on any atom is 0.408 e. The molecule has 0 aliphatic heterocycles. The Morgan fingerprint density at radius 1 is 1.02 bits per heavy atom. The number of aromatic amines is 1. The Morgan fingerprint density at radius 3 is 2.43 bits per heavy atom. The molecule has 2 aromatic heterocycles. The maximum absolute atomic E-state index is 13.3. The Bertz CT molecular complexity index is 1730. The lowest BCUT2D eigenvalue weighted by Gasteiger charge is -2.21. The second-order valence-electron chi connectivity index (χ2n) is 12.0. The van der Waals surface area contributed by atoms with Gasteiger partial charge in [0.1, 0.15) is 23.8 Å². The van der Waals surface area contributed by atoms with Crippen LogP contribution in [0.5, 0.6) is 0 Å². The van der Waals surface area contributed by atoms with E-state index in [0.29, 0.717) is 29.3 Å². The van der Waals surface area contributed by atoms with Crippen LogP contribution in [0.2, 0.25) is 0 Å². The number of hydrogen-bond acceptors (Lipinski definition) is 10. The summed E-state index contributed by atoms with van der Waals surface area (Å²) in [5.41, 5.74) is 7.73. The van der Waals surface area contributed by atoms with E-state index in [-0.39, 0.29) is 37.5 Å². The number of nitrogens with two attached hydrogens (primary N) is 1. The lowest BCUT2D eigenvalue weighted by Crippen LogP contribution is -2.44. The number of carbonyl (C=O) groups excluding carboxylic acids is 3. The number of aromatic nitrogens is 4. The first kappa shape index (κ1) is 34.5. The molecule has 0 saturated carbocycles. The molecule has 4 aromatic rings. The van der Waals surface area contributed by atoms with E-state index in [0.717, 1.165) is 24.0 Å². The normalized spacial score (nSPS) is 11.9. The van der Waals surface area contributed by atoms with E-state index < -0.39 is 29.6 Å². The largest absolute Gasteiger partial charge is 0.460 e. The van der Waals surface area contributed by atoms with Gasteiger partial charge in [-0.25, -0.2) is 9.59 Å². The lowest BCUT2D eigenvalue weighted by atomic mass is 10.1. The predicted octanol–water partition coefficient (Wildman–Crippen LogP) is 4.32. The van der Waals surface area contributed by atoms with Crippen molar-refractivity contribution in [2.75, 3.05) is 22.9 Å². The molecule has 0 aliphatic carbocycles. The van der Waals surface area contributed by atoms with Crippen molar-refractivity contribution in [1.29, 1.82) is 0 Å². The minimum Gasteiger partial charge on any atom is -0.460 e. The highest BCUT2D eigenvalue weighted by Gasteiger charge is 2.25. The monoisotopic (exact) mass is 646 g/mol. The summed E-state index contributed by atoms with van der Waals surface area (Å²) < 4.78 is 12.1. The molecule has 0 radical (unpaired) electrons. The number of carbonyl (C=O) groups is 3. The van der Waals surface area contributed by atoms with Crippen LogP contribution in [0.4, 0.5) is 22.2 Å². The van der Waals surface area contributed by atoms with Crippen molar-refractivity contribution in [2.24, 2.45) is 0 Å². The van der Waals surface area contributed by atoms with Crippen molar-refractivity contribution in [1.82, 2.24) is 24.8 Å². The number of unbranched alkanes of at least 4 members (excludes halogenated alkanes) is 1. The molecule has 47 heavy (non-hydrogen) atoms. The number of anilines is 3. The molecular weight excluding hydrogens is 604 g/mol. The van der Waals surface area contributed by atoms with Crippen molar-refractivity contribution in [3.8, 4) is 0 Å². The number of H-pyrrole nitrogens is 1. The first-order valence-corrected chi connectivity index (χ1v) is 15.5. The first-order valence-electron chi connectivity index (χ1n) is 15.5. The van der Waals surface area contributed by atoms with Gasteiger partial charge in [0.2, 0.25) is 11.9 Å². The number of nitrogens with one attached hydrogen (secondary N) is 4. The molecule has 4 rings (SSSR count). The van der Waals surface area contributed by atoms with E-state index in [9.17, 15) is 19.2 Å². The molecule has 0 fully saturated rings. The van der Waals surface area contributed by atoms with E-state index in [1.165, 1.54) is 4.57 Å². The topological polar surface area (TPSA) is 195 Å². The highest BCUT2D eigenvalue weighted by atomic mass is 16.6. The number of benzene rings is 2. The molecule has 250 valence electrons. The molecule has 14 heteroatoms. The van der Waals surface area contributed by atoms with Gasteiger partial charge in [-0.1, -0.05) is 55.8 Å². The van der Waals surface area contributed by atoms with Gasteiger partial charge in [-0.3, -0.25) is 14.2 Å². The zero-order chi connectivity index (χ0) is 34.0. The lowest BCUT2D eigenvalue weighted by molar-refractivity contribution is -0.155. The van der Waals surface area contributed by atoms with Gasteiger partial charge < -0.3 is 36.1 Å². The van der Waals surface area contributed by atoms with Crippen LogP contribution in [-0.4, -0.2) is 55.7 Å². The average molecular weight is 647 g/mol. The van der Waals surface area contributed by atoms with E-state index in [4.69, 9.17) is 15.2 Å². The Hall–Kier alpha value is -5.40. The maximum atomic E-state index is 13.3. The molecular formula is C33H42N8O6. The number of amides is 2. The van der Waals surface area contributed by atoms with Gasteiger partial charge in [-0.2, -0.15) is 9.97 Å². The van der Waals surface area contributed by atoms with E-state index in [1.807, 2.05) is 30.3 Å². The third-order valence-electron chi connectivity index (χ3n) is 6.90. The van der Waals surface area contributed by atoms with Gasteiger partial charge >= 0.3 is 17.8 Å². The fraction of sp³-hybridized carbons (Fsp3) is 0.394. The van der Waals surface area contributed by atoms with Gasteiger partial charge in [0.05, 0.1) is 6.54 Å². The summed E-state index contributed by atoms with van der Waals surface area (Å²) in [6.07, 6.45) is 1.02. The SMILES string of the molecule is CCCCNc1nc(N)c2[nH]c(=O)n(Cc3ccc(NC(=O)[C@H](CCC(=O)OC(C)(C)C)NC(=O)OCc4ccccc4)cc3)c2n1. The molecule has 0 aliphatic rings. The second kappa shape index (κ2) is 15.7. The van der Waals surface area contributed by atoms with Gasteiger partial charge in [-0.15, -0.1) is 0 Å². The van der Waals surface area contributed by atoms with Crippen LogP contribution in [0.3, 0.4) is 0 Å². The predicted molar refractivity (Wildman–Crippen MR) is 179 cm³/mol. The number of nitrogen functional groups attached to an aromatic ring is 1. The smallest absolute Gasteiger partial charge is 0.408 e. The number of hydrogen-bond donors (Lipinski definition) is 5. The minimum atomic E-state index is -1.08. The number of nitrogens with zero attached hydrogens (tertiary/aromatic N) is 3. The molecule has 1 atom stereocenters. The number of rotatable bonds is 14. The Kier molecular flexibility index (Phi) is 11.5. The number of alkyl carbamates (subject to hydrolysis) is 1. The number of ether oxygens (including phenoxy) is 2. The van der Waals surface area contributed by atoms with Gasteiger partial charge in [0, 0.05) is 18.7 Å². The summed E-state index contributed by atoms with van der Waals surface area (Å²) in [4.78, 5) is 62.5. The fourth-order valence-electron chi connectivity index (χ4n) is 4.59. The summed E-state index contributed by atoms with van der Waals surface area (Å²) in [5.74, 6) is -0.529. The Morgan fingerprint density at radius 2 is 1.74 bits per heavy atom. The molecule has 6 N–H and O–H groups in total. The van der Waals surface area contributed by atoms with E-state index in [1.54, 1.807) is 45.0 Å². The van der Waals surface area contributed by atoms with Crippen LogP contribution < -0.4 is 27.4 Å². The number of fused-ring (bicyclic) bond motifs is 1. The molecule has 2 heterocycles. The highest BCUT2D eigenvalue weighted by Crippen LogP contribution is 2.19. The molecule has 0 unspecified atom stereocenters. The summed E-state index contributed by atoms with van der Waals surface area (Å²) in [7, 11) is 0. The van der Waals surface area contributed by atoms with E-state index in [2.05, 4.69) is 37.8 Å². The fourth-order valence-corrected chi connectivity index (χ4v) is 4.59. The van der Waals surface area contributed by atoms with Crippen LogP contribution in [0.25, 0.3) is 11.2 Å². The third kappa shape index (κ3) is 10.3. The summed E-state index contributed by atoms with van der Waals surface area (Å²) in [6, 6.07) is 14.9. The average Bonchev–Trinajstić information content (AvgIpc) is 3.33. The molecule has 14 nitrogen and oxygen atoms in total. The molecule has 0 saturated heterocycles. The van der Waals surface area contributed by atoms with Crippen LogP contribution in [0, 0.1) is 0 Å². The summed E-state index contributed by atoms with van der Waals surface area (Å²) in [6.45, 7) is 8.20. The first-order chi connectivity index (χ1) is 22.4.